The first kappa shape index (κ1) is 29.1. The Morgan fingerprint density at radius 3 is 2.57 bits per heavy atom. The number of anilines is 1. The van der Waals surface area contributed by atoms with Crippen LogP contribution in [0.4, 0.5) is 5.13 Å². The van der Waals surface area contributed by atoms with E-state index >= 15 is 0 Å². The van der Waals surface area contributed by atoms with Gasteiger partial charge in [-0.05, 0) is 55.0 Å². The van der Waals surface area contributed by atoms with Crippen molar-refractivity contribution < 1.29 is 19.1 Å². The van der Waals surface area contributed by atoms with Crippen molar-refractivity contribution in [2.45, 2.75) is 31.5 Å². The Balaban J connectivity index is 1.28. The van der Waals surface area contributed by atoms with Gasteiger partial charge in [0.1, 0.15) is 11.5 Å². The number of benzene rings is 3. The normalized spacial score (nSPS) is 10.9. The number of nitrogens with zero attached hydrogens (tertiary/aromatic N) is 4. The molecular formula is C30H30N6O4S2. The molecule has 0 saturated heterocycles. The third-order valence-electron chi connectivity index (χ3n) is 6.19. The van der Waals surface area contributed by atoms with E-state index in [9.17, 15) is 9.59 Å². The number of nitrogens with one attached hydrogen (secondary N) is 2. The maximum absolute atomic E-state index is 12.9. The number of rotatable bonds is 13. The summed E-state index contributed by atoms with van der Waals surface area (Å²) in [6, 6.07) is 22.2. The van der Waals surface area contributed by atoms with E-state index in [2.05, 4.69) is 32.7 Å². The molecule has 12 heteroatoms. The predicted octanol–water partition coefficient (Wildman–Crippen LogP) is 5.73. The van der Waals surface area contributed by atoms with Crippen LogP contribution in [0.25, 0.3) is 15.9 Å². The van der Waals surface area contributed by atoms with Crippen molar-refractivity contribution in [1.82, 2.24) is 25.1 Å². The van der Waals surface area contributed by atoms with E-state index in [1.165, 1.54) is 23.1 Å². The number of thiazole rings is 1. The number of amides is 2. The molecule has 216 valence electrons. The first-order valence-corrected chi connectivity index (χ1v) is 15.2. The molecule has 2 heterocycles. The number of unbranched alkanes of at least 4 members (excludes halogenated alkanes) is 1. The van der Waals surface area contributed by atoms with Gasteiger partial charge in [0.05, 0.1) is 41.9 Å². The summed E-state index contributed by atoms with van der Waals surface area (Å²) in [5.41, 5.74) is 2.03. The molecule has 3 aromatic carbocycles. The van der Waals surface area contributed by atoms with Gasteiger partial charge in [-0.25, -0.2) is 4.98 Å². The summed E-state index contributed by atoms with van der Waals surface area (Å²) in [4.78, 5) is 30.2. The molecule has 0 fully saturated rings. The van der Waals surface area contributed by atoms with Crippen LogP contribution in [-0.4, -0.2) is 51.0 Å². The quantitative estimate of drug-likeness (QED) is 0.130. The van der Waals surface area contributed by atoms with Crippen LogP contribution >= 0.6 is 23.1 Å². The minimum Gasteiger partial charge on any atom is -0.495 e. The molecule has 0 bridgehead atoms. The van der Waals surface area contributed by atoms with Crippen LogP contribution in [0.15, 0.2) is 78.0 Å². The molecule has 2 N–H and O–H groups in total. The Kier molecular flexibility index (Phi) is 9.67. The first-order chi connectivity index (χ1) is 20.6. The van der Waals surface area contributed by atoms with Crippen molar-refractivity contribution in [2.75, 3.05) is 24.8 Å². The van der Waals surface area contributed by atoms with Gasteiger partial charge in [0.2, 0.25) is 5.91 Å². The lowest BCUT2D eigenvalue weighted by Gasteiger charge is -2.14. The first-order valence-electron chi connectivity index (χ1n) is 13.4. The third kappa shape index (κ3) is 7.07. The summed E-state index contributed by atoms with van der Waals surface area (Å²) in [5.74, 6) is 1.43. The Morgan fingerprint density at radius 2 is 1.79 bits per heavy atom. The van der Waals surface area contributed by atoms with Crippen LogP contribution in [0, 0.1) is 0 Å². The molecular weight excluding hydrogens is 573 g/mol. The number of para-hydroxylation sites is 3. The van der Waals surface area contributed by atoms with Gasteiger partial charge in [0.25, 0.3) is 5.91 Å². The molecule has 2 amide bonds. The Bertz CT molecular complexity index is 1640. The minimum atomic E-state index is -0.255. The van der Waals surface area contributed by atoms with Gasteiger partial charge in [-0.1, -0.05) is 60.7 Å². The number of methoxy groups -OCH3 is 1. The molecule has 5 aromatic rings. The summed E-state index contributed by atoms with van der Waals surface area (Å²) in [7, 11) is 1.58. The summed E-state index contributed by atoms with van der Waals surface area (Å²) in [6.45, 7) is 2.86. The fourth-order valence-corrected chi connectivity index (χ4v) is 5.72. The summed E-state index contributed by atoms with van der Waals surface area (Å²) >= 11 is 2.65. The van der Waals surface area contributed by atoms with Crippen LogP contribution in [-0.2, 0) is 11.3 Å². The van der Waals surface area contributed by atoms with Crippen LogP contribution in [0.2, 0.25) is 0 Å². The highest BCUT2D eigenvalue weighted by molar-refractivity contribution is 7.99. The summed E-state index contributed by atoms with van der Waals surface area (Å²) in [6.07, 6.45) is 2.03. The van der Waals surface area contributed by atoms with Crippen molar-refractivity contribution in [2.24, 2.45) is 0 Å². The van der Waals surface area contributed by atoms with Gasteiger partial charge in [-0.15, -0.1) is 10.2 Å². The van der Waals surface area contributed by atoms with E-state index < -0.39 is 0 Å². The number of thioether (sulfide) groups is 1. The average molecular weight is 603 g/mol. The van der Waals surface area contributed by atoms with Gasteiger partial charge in [-0.3, -0.25) is 14.2 Å². The van der Waals surface area contributed by atoms with Crippen molar-refractivity contribution in [3.8, 4) is 17.2 Å². The number of ether oxygens (including phenoxy) is 2. The molecule has 0 aliphatic heterocycles. The fourth-order valence-electron chi connectivity index (χ4n) is 4.07. The van der Waals surface area contributed by atoms with Gasteiger partial charge >= 0.3 is 0 Å². The highest BCUT2D eigenvalue weighted by Gasteiger charge is 2.20. The van der Waals surface area contributed by atoms with E-state index in [1.54, 1.807) is 35.9 Å². The molecule has 5 rings (SSSR count). The number of hydrogen-bond acceptors (Lipinski definition) is 9. The maximum atomic E-state index is 12.9. The van der Waals surface area contributed by atoms with Crippen LogP contribution in [0.1, 0.15) is 35.9 Å². The lowest BCUT2D eigenvalue weighted by atomic mass is 10.2. The topological polar surface area (TPSA) is 120 Å². The van der Waals surface area contributed by atoms with Crippen molar-refractivity contribution in [3.63, 3.8) is 0 Å². The number of fused-ring (bicyclic) bond motifs is 1. The van der Waals surface area contributed by atoms with E-state index in [-0.39, 0.29) is 24.1 Å². The number of hydrogen-bond donors (Lipinski definition) is 2. The Morgan fingerprint density at radius 1 is 1.00 bits per heavy atom. The van der Waals surface area contributed by atoms with E-state index in [0.29, 0.717) is 39.7 Å². The summed E-state index contributed by atoms with van der Waals surface area (Å²) < 4.78 is 14.1. The van der Waals surface area contributed by atoms with E-state index in [0.717, 1.165) is 28.8 Å². The van der Waals surface area contributed by atoms with Crippen molar-refractivity contribution in [1.29, 1.82) is 0 Å². The van der Waals surface area contributed by atoms with Crippen LogP contribution in [0.3, 0.4) is 0 Å². The highest BCUT2D eigenvalue weighted by atomic mass is 32.2. The Hall–Kier alpha value is -4.42. The Labute approximate surface area is 251 Å². The minimum absolute atomic E-state index is 0.0856. The highest BCUT2D eigenvalue weighted by Crippen LogP contribution is 2.29. The predicted molar refractivity (Wildman–Crippen MR) is 165 cm³/mol. The molecule has 0 aliphatic rings. The lowest BCUT2D eigenvalue weighted by molar-refractivity contribution is -0.113. The second-order valence-corrected chi connectivity index (χ2v) is 11.1. The lowest BCUT2D eigenvalue weighted by Crippen LogP contribution is -2.24. The third-order valence-corrected chi connectivity index (χ3v) is 8.07. The monoisotopic (exact) mass is 602 g/mol. The average Bonchev–Trinajstić information content (AvgIpc) is 3.62. The standard InChI is InChI=1S/C30H30N6O4S2/c1-3-4-17-40-21-15-13-20(14-16-21)28(38)31-18-26-34-35-30(36(26)23-10-6-7-11-24(23)39-2)41-19-27(37)33-29-32-22-9-5-8-12-25(22)42-29/h5-16H,3-4,17-19H2,1-2H3,(H,31,38)(H,32,33,37). The molecule has 0 atom stereocenters. The summed E-state index contributed by atoms with van der Waals surface area (Å²) in [5, 5.41) is 15.5. The molecule has 0 radical (unpaired) electrons. The fraction of sp³-hybridized carbons (Fsp3) is 0.233. The second-order valence-electron chi connectivity index (χ2n) is 9.14. The van der Waals surface area contributed by atoms with Gasteiger partial charge in [-0.2, -0.15) is 0 Å². The molecule has 42 heavy (non-hydrogen) atoms. The molecule has 2 aromatic heterocycles. The maximum Gasteiger partial charge on any atom is 0.251 e. The molecule has 0 spiro atoms. The zero-order valence-corrected chi connectivity index (χ0v) is 24.8. The number of carbonyl (C=O) groups is 2. The van der Waals surface area contributed by atoms with Crippen LogP contribution < -0.4 is 20.1 Å². The van der Waals surface area contributed by atoms with Gasteiger partial charge < -0.3 is 20.1 Å². The van der Waals surface area contributed by atoms with Gasteiger partial charge in [0.15, 0.2) is 16.1 Å². The SMILES string of the molecule is CCCCOc1ccc(C(=O)NCc2nnc(SCC(=O)Nc3nc4ccccc4s3)n2-c2ccccc2OC)cc1. The van der Waals surface area contributed by atoms with E-state index in [4.69, 9.17) is 9.47 Å². The molecule has 10 nitrogen and oxygen atoms in total. The molecule has 0 aliphatic carbocycles. The largest absolute Gasteiger partial charge is 0.495 e. The van der Waals surface area contributed by atoms with Crippen LogP contribution in [0.5, 0.6) is 11.5 Å². The zero-order chi connectivity index (χ0) is 29.3. The van der Waals surface area contributed by atoms with E-state index in [1.807, 2.05) is 48.5 Å². The molecule has 0 unspecified atom stereocenters. The zero-order valence-electron chi connectivity index (χ0n) is 23.2. The smallest absolute Gasteiger partial charge is 0.251 e. The van der Waals surface area contributed by atoms with Crippen molar-refractivity contribution >= 4 is 50.3 Å². The second kappa shape index (κ2) is 14.0. The number of carbonyl (C=O) groups excluding carboxylic acids is 2. The van der Waals surface area contributed by atoms with Crippen molar-refractivity contribution in [3.05, 3.63) is 84.2 Å². The van der Waals surface area contributed by atoms with Gasteiger partial charge in [0, 0.05) is 5.56 Å². The molecule has 0 saturated carbocycles. The number of aromatic nitrogens is 4.